The van der Waals surface area contributed by atoms with Gasteiger partial charge in [0.1, 0.15) is 30.2 Å². The van der Waals surface area contributed by atoms with Crippen LogP contribution >= 0.6 is 0 Å². The third-order valence-electron chi connectivity index (χ3n) is 3.54. The first-order chi connectivity index (χ1) is 12.1. The van der Waals surface area contributed by atoms with Crippen LogP contribution in [0.2, 0.25) is 0 Å². The van der Waals surface area contributed by atoms with Crippen LogP contribution in [0.1, 0.15) is 5.56 Å². The van der Waals surface area contributed by atoms with E-state index < -0.39 is 23.9 Å². The van der Waals surface area contributed by atoms with Gasteiger partial charge in [-0.15, -0.1) is 5.10 Å². The molecule has 7 nitrogen and oxygen atoms in total. The molecular formula is C17H14FN3O4. The fraction of sp³-hybridized carbons (Fsp3) is 0.176. The number of carbonyl (C=O) groups is 1. The van der Waals surface area contributed by atoms with Gasteiger partial charge in [0.05, 0.1) is 12.5 Å². The molecule has 1 heterocycles. The van der Waals surface area contributed by atoms with E-state index in [0.717, 1.165) is 4.68 Å². The summed E-state index contributed by atoms with van der Waals surface area (Å²) in [4.78, 5) is 24.2. The van der Waals surface area contributed by atoms with Gasteiger partial charge in [0, 0.05) is 5.56 Å². The van der Waals surface area contributed by atoms with E-state index in [1.165, 1.54) is 25.3 Å². The lowest BCUT2D eigenvalue weighted by molar-refractivity contribution is -0.146. The van der Waals surface area contributed by atoms with Crippen molar-refractivity contribution in [1.29, 1.82) is 0 Å². The Morgan fingerprint density at radius 1 is 1.24 bits per heavy atom. The Bertz CT molecular complexity index is 987. The number of fused-ring (bicyclic) bond motifs is 1. The Balaban J connectivity index is 1.72. The van der Waals surface area contributed by atoms with Crippen molar-refractivity contribution in [3.05, 3.63) is 64.2 Å². The maximum atomic E-state index is 13.3. The zero-order valence-electron chi connectivity index (χ0n) is 13.3. The first-order valence-electron chi connectivity index (χ1n) is 7.39. The maximum absolute atomic E-state index is 13.3. The Hall–Kier alpha value is -3.29. The fourth-order valence-corrected chi connectivity index (χ4v) is 2.31. The number of rotatable bonds is 5. The predicted molar refractivity (Wildman–Crippen MR) is 86.5 cm³/mol. The van der Waals surface area contributed by atoms with E-state index in [9.17, 15) is 14.0 Å². The Morgan fingerprint density at radius 2 is 2.04 bits per heavy atom. The van der Waals surface area contributed by atoms with Crippen molar-refractivity contribution in [2.75, 3.05) is 7.11 Å². The minimum absolute atomic E-state index is 0.185. The number of halogens is 1. The van der Waals surface area contributed by atoms with Crippen LogP contribution in [0.4, 0.5) is 4.39 Å². The molecule has 0 fully saturated rings. The SMILES string of the molecule is COc1ccc(F)cc1COC(=O)Cn1nnc2ccccc2c1=O. The molecule has 0 spiro atoms. The number of carbonyl (C=O) groups excluding carboxylic acids is 1. The monoisotopic (exact) mass is 343 g/mol. The van der Waals surface area contributed by atoms with Gasteiger partial charge in [0.15, 0.2) is 0 Å². The summed E-state index contributed by atoms with van der Waals surface area (Å²) in [5.41, 5.74) is 0.389. The van der Waals surface area contributed by atoms with Crippen molar-refractivity contribution in [2.45, 2.75) is 13.2 Å². The normalized spacial score (nSPS) is 10.6. The van der Waals surface area contributed by atoms with Crippen LogP contribution in [0.5, 0.6) is 5.75 Å². The van der Waals surface area contributed by atoms with Gasteiger partial charge in [-0.3, -0.25) is 9.59 Å². The highest BCUT2D eigenvalue weighted by Gasteiger charge is 2.12. The van der Waals surface area contributed by atoms with E-state index in [-0.39, 0.29) is 6.61 Å². The molecule has 8 heteroatoms. The molecule has 0 amide bonds. The molecule has 128 valence electrons. The number of benzene rings is 2. The Kier molecular flexibility index (Phi) is 4.69. The molecule has 0 bridgehead atoms. The molecule has 25 heavy (non-hydrogen) atoms. The van der Waals surface area contributed by atoms with Crippen molar-refractivity contribution in [3.63, 3.8) is 0 Å². The number of hydrogen-bond donors (Lipinski definition) is 0. The van der Waals surface area contributed by atoms with Crippen LogP contribution in [0.3, 0.4) is 0 Å². The minimum atomic E-state index is -0.696. The smallest absolute Gasteiger partial charge is 0.328 e. The maximum Gasteiger partial charge on any atom is 0.328 e. The quantitative estimate of drug-likeness (QED) is 0.656. The molecule has 0 saturated carbocycles. The highest BCUT2D eigenvalue weighted by molar-refractivity contribution is 5.77. The molecule has 0 aliphatic carbocycles. The van der Waals surface area contributed by atoms with Crippen LogP contribution in [0.15, 0.2) is 47.3 Å². The van der Waals surface area contributed by atoms with Gasteiger partial charge in [-0.25, -0.2) is 4.39 Å². The summed E-state index contributed by atoms with van der Waals surface area (Å²) in [7, 11) is 1.43. The molecule has 0 unspecified atom stereocenters. The van der Waals surface area contributed by atoms with Gasteiger partial charge in [0.25, 0.3) is 5.56 Å². The summed E-state index contributed by atoms with van der Waals surface area (Å²) >= 11 is 0. The fourth-order valence-electron chi connectivity index (χ4n) is 2.31. The summed E-state index contributed by atoms with van der Waals surface area (Å²) in [5, 5.41) is 7.96. The van der Waals surface area contributed by atoms with Crippen molar-refractivity contribution in [3.8, 4) is 5.75 Å². The second-order valence-electron chi connectivity index (χ2n) is 5.19. The number of hydrogen-bond acceptors (Lipinski definition) is 6. The molecule has 0 saturated heterocycles. The second-order valence-corrected chi connectivity index (χ2v) is 5.19. The molecular weight excluding hydrogens is 329 g/mol. The molecule has 0 N–H and O–H groups in total. The molecule has 2 aromatic carbocycles. The van der Waals surface area contributed by atoms with E-state index in [4.69, 9.17) is 9.47 Å². The van der Waals surface area contributed by atoms with Crippen LogP contribution in [-0.4, -0.2) is 28.1 Å². The van der Waals surface area contributed by atoms with Crippen LogP contribution in [0, 0.1) is 5.82 Å². The van der Waals surface area contributed by atoms with E-state index >= 15 is 0 Å². The lowest BCUT2D eigenvalue weighted by Crippen LogP contribution is -2.28. The predicted octanol–water partition coefficient (Wildman–Crippen LogP) is 1.68. The Labute approximate surface area is 141 Å². The molecule has 1 aromatic heterocycles. The average Bonchev–Trinajstić information content (AvgIpc) is 2.63. The van der Waals surface area contributed by atoms with Crippen LogP contribution in [-0.2, 0) is 22.7 Å². The zero-order valence-corrected chi connectivity index (χ0v) is 13.3. The molecule has 0 aliphatic rings. The molecule has 0 radical (unpaired) electrons. The molecule has 0 atom stereocenters. The third-order valence-corrected chi connectivity index (χ3v) is 3.54. The standard InChI is InChI=1S/C17H14FN3O4/c1-24-15-7-6-12(18)8-11(15)10-25-16(22)9-21-17(23)13-4-2-3-5-14(13)19-20-21/h2-8H,9-10H2,1H3. The summed E-state index contributed by atoms with van der Waals surface area (Å²) in [6, 6.07) is 10.6. The van der Waals surface area contributed by atoms with Gasteiger partial charge in [-0.2, -0.15) is 4.68 Å². The largest absolute Gasteiger partial charge is 0.496 e. The molecule has 0 aliphatic heterocycles. The van der Waals surface area contributed by atoms with E-state index in [1.54, 1.807) is 24.3 Å². The number of methoxy groups -OCH3 is 1. The van der Waals surface area contributed by atoms with E-state index in [1.807, 2.05) is 0 Å². The summed E-state index contributed by atoms with van der Waals surface area (Å²) in [5.74, 6) is -0.765. The first-order valence-corrected chi connectivity index (χ1v) is 7.39. The summed E-state index contributed by atoms with van der Waals surface area (Å²) < 4.78 is 24.4. The van der Waals surface area contributed by atoms with Crippen molar-refractivity contribution < 1.29 is 18.7 Å². The summed E-state index contributed by atoms with van der Waals surface area (Å²) in [6.07, 6.45) is 0. The number of ether oxygens (including phenoxy) is 2. The number of esters is 1. The Morgan fingerprint density at radius 3 is 2.84 bits per heavy atom. The topological polar surface area (TPSA) is 83.3 Å². The van der Waals surface area contributed by atoms with Gasteiger partial charge >= 0.3 is 5.97 Å². The van der Waals surface area contributed by atoms with Gasteiger partial charge in [-0.1, -0.05) is 17.3 Å². The van der Waals surface area contributed by atoms with Crippen molar-refractivity contribution >= 4 is 16.9 Å². The first kappa shape index (κ1) is 16.6. The minimum Gasteiger partial charge on any atom is -0.496 e. The highest BCUT2D eigenvalue weighted by Crippen LogP contribution is 2.20. The summed E-state index contributed by atoms with van der Waals surface area (Å²) in [6.45, 7) is -0.580. The third kappa shape index (κ3) is 3.63. The van der Waals surface area contributed by atoms with Crippen molar-refractivity contribution in [2.24, 2.45) is 0 Å². The molecule has 3 rings (SSSR count). The van der Waals surface area contributed by atoms with Crippen molar-refractivity contribution in [1.82, 2.24) is 15.0 Å². The second kappa shape index (κ2) is 7.08. The lowest BCUT2D eigenvalue weighted by Gasteiger charge is -2.10. The van der Waals surface area contributed by atoms with E-state index in [0.29, 0.717) is 22.2 Å². The number of nitrogens with zero attached hydrogens (tertiary/aromatic N) is 3. The number of aromatic nitrogens is 3. The average molecular weight is 343 g/mol. The lowest BCUT2D eigenvalue weighted by atomic mass is 10.2. The van der Waals surface area contributed by atoms with Crippen LogP contribution < -0.4 is 10.3 Å². The van der Waals surface area contributed by atoms with Gasteiger partial charge < -0.3 is 9.47 Å². The zero-order chi connectivity index (χ0) is 17.8. The molecule has 3 aromatic rings. The van der Waals surface area contributed by atoms with Gasteiger partial charge in [0.2, 0.25) is 0 Å². The highest BCUT2D eigenvalue weighted by atomic mass is 19.1. The van der Waals surface area contributed by atoms with E-state index in [2.05, 4.69) is 10.3 Å². The van der Waals surface area contributed by atoms with Gasteiger partial charge in [-0.05, 0) is 30.3 Å². The van der Waals surface area contributed by atoms with Crippen LogP contribution in [0.25, 0.3) is 10.9 Å².